The average Bonchev–Trinajstić information content (AvgIpc) is 3.27. The van der Waals surface area contributed by atoms with Crippen molar-refractivity contribution in [3.8, 4) is 0 Å². The molecule has 0 saturated carbocycles. The molecule has 1 fully saturated rings. The first kappa shape index (κ1) is 16.2. The number of carboxylic acid groups (broad SMARTS) is 1. The van der Waals surface area contributed by atoms with E-state index in [1.165, 1.54) is 12.5 Å². The number of furan rings is 1. The van der Waals surface area contributed by atoms with Gasteiger partial charge in [0.2, 0.25) is 5.91 Å². The molecule has 3 atom stereocenters. The Morgan fingerprint density at radius 1 is 1.46 bits per heavy atom. The van der Waals surface area contributed by atoms with Gasteiger partial charge in [-0.2, -0.15) is 0 Å². The van der Waals surface area contributed by atoms with E-state index in [1.54, 1.807) is 0 Å². The molecule has 0 spiro atoms. The second kappa shape index (κ2) is 6.85. The van der Waals surface area contributed by atoms with Crippen LogP contribution in [-0.2, 0) is 16.0 Å². The molecule has 0 aromatic carbocycles. The Morgan fingerprint density at radius 2 is 2.29 bits per heavy atom. The molecule has 2 aromatic rings. The second-order valence-corrected chi connectivity index (χ2v) is 5.76. The molecule has 0 radical (unpaired) electrons. The summed E-state index contributed by atoms with van der Waals surface area (Å²) in [5.41, 5.74) is 6.52. The molecule has 128 valence electrons. The number of hydrogen-bond acceptors (Lipinski definition) is 6. The molecule has 1 aliphatic heterocycles. The van der Waals surface area contributed by atoms with E-state index >= 15 is 0 Å². The molecule has 24 heavy (non-hydrogen) atoms. The van der Waals surface area contributed by atoms with E-state index in [9.17, 15) is 14.7 Å². The van der Waals surface area contributed by atoms with Gasteiger partial charge in [-0.3, -0.25) is 4.79 Å². The lowest BCUT2D eigenvalue weighted by Gasteiger charge is -2.16. The van der Waals surface area contributed by atoms with E-state index in [-0.39, 0.29) is 18.4 Å². The predicted octanol–water partition coefficient (Wildman–Crippen LogP) is 0.0308. The van der Waals surface area contributed by atoms with E-state index in [1.807, 2.05) is 19.1 Å². The smallest absolute Gasteiger partial charge is 0.326 e. The SMILES string of the molecule is Cc1ccc(C2CC(C(=O)NC(Cc3cnc[nH]3)C(=O)O)NN2)o1. The average molecular weight is 333 g/mol. The number of hydrazine groups is 1. The summed E-state index contributed by atoms with van der Waals surface area (Å²) in [6, 6.07) is 2.02. The number of aromatic nitrogens is 2. The number of nitrogens with one attached hydrogen (secondary N) is 4. The molecule has 2 aromatic heterocycles. The zero-order chi connectivity index (χ0) is 17.1. The first-order chi connectivity index (χ1) is 11.5. The molecule has 3 heterocycles. The van der Waals surface area contributed by atoms with Crippen LogP contribution in [-0.4, -0.2) is 39.0 Å². The number of hydrogen-bond donors (Lipinski definition) is 5. The fourth-order valence-electron chi connectivity index (χ4n) is 2.64. The van der Waals surface area contributed by atoms with Crippen molar-refractivity contribution in [1.29, 1.82) is 0 Å². The van der Waals surface area contributed by atoms with E-state index < -0.39 is 18.1 Å². The molecule has 1 saturated heterocycles. The highest BCUT2D eigenvalue weighted by molar-refractivity contribution is 5.87. The van der Waals surface area contributed by atoms with Crippen molar-refractivity contribution in [2.75, 3.05) is 0 Å². The molecule has 0 bridgehead atoms. The Balaban J connectivity index is 1.58. The minimum atomic E-state index is -1.10. The largest absolute Gasteiger partial charge is 0.480 e. The molecule has 3 unspecified atom stereocenters. The van der Waals surface area contributed by atoms with Crippen molar-refractivity contribution >= 4 is 11.9 Å². The summed E-state index contributed by atoms with van der Waals surface area (Å²) in [4.78, 5) is 30.4. The summed E-state index contributed by atoms with van der Waals surface area (Å²) in [7, 11) is 0. The van der Waals surface area contributed by atoms with E-state index in [0.717, 1.165) is 11.5 Å². The quantitative estimate of drug-likeness (QED) is 0.504. The van der Waals surface area contributed by atoms with Gasteiger partial charge in [-0.05, 0) is 25.5 Å². The van der Waals surface area contributed by atoms with Gasteiger partial charge in [-0.15, -0.1) is 0 Å². The van der Waals surface area contributed by atoms with Crippen molar-refractivity contribution in [2.45, 2.75) is 37.9 Å². The number of carbonyl (C=O) groups excluding carboxylic acids is 1. The number of H-pyrrole nitrogens is 1. The van der Waals surface area contributed by atoms with Gasteiger partial charge < -0.3 is 19.8 Å². The van der Waals surface area contributed by atoms with Crippen molar-refractivity contribution < 1.29 is 19.1 Å². The van der Waals surface area contributed by atoms with Crippen LogP contribution in [0, 0.1) is 6.92 Å². The van der Waals surface area contributed by atoms with Crippen LogP contribution >= 0.6 is 0 Å². The van der Waals surface area contributed by atoms with Crippen LogP contribution < -0.4 is 16.2 Å². The molecule has 3 rings (SSSR count). The predicted molar refractivity (Wildman–Crippen MR) is 82.7 cm³/mol. The highest BCUT2D eigenvalue weighted by Crippen LogP contribution is 2.24. The number of carboxylic acids is 1. The molecule has 9 heteroatoms. The first-order valence-corrected chi connectivity index (χ1v) is 7.60. The third kappa shape index (κ3) is 3.63. The van der Waals surface area contributed by atoms with Crippen molar-refractivity contribution in [3.05, 3.63) is 41.9 Å². The van der Waals surface area contributed by atoms with E-state index in [4.69, 9.17) is 4.42 Å². The van der Waals surface area contributed by atoms with Crippen LogP contribution in [0.15, 0.2) is 29.1 Å². The minimum Gasteiger partial charge on any atom is -0.480 e. The number of imidazole rings is 1. The summed E-state index contributed by atoms with van der Waals surface area (Å²) >= 11 is 0. The number of nitrogens with zero attached hydrogens (tertiary/aromatic N) is 1. The molecule has 0 aliphatic carbocycles. The van der Waals surface area contributed by atoms with Gasteiger partial charge >= 0.3 is 5.97 Å². The van der Waals surface area contributed by atoms with Gasteiger partial charge in [0, 0.05) is 18.3 Å². The van der Waals surface area contributed by atoms with Crippen LogP contribution in [0.5, 0.6) is 0 Å². The van der Waals surface area contributed by atoms with E-state index in [2.05, 4.69) is 26.1 Å². The van der Waals surface area contributed by atoms with Crippen LogP contribution in [0.25, 0.3) is 0 Å². The third-order valence-corrected chi connectivity index (χ3v) is 3.92. The summed E-state index contributed by atoms with van der Waals surface area (Å²) in [6.45, 7) is 1.85. The van der Waals surface area contributed by atoms with Crippen LogP contribution in [0.4, 0.5) is 0 Å². The number of aliphatic carboxylic acids is 1. The van der Waals surface area contributed by atoms with Gasteiger partial charge in [0.25, 0.3) is 0 Å². The maximum Gasteiger partial charge on any atom is 0.326 e. The summed E-state index contributed by atoms with van der Waals surface area (Å²) in [5, 5.41) is 11.9. The van der Waals surface area contributed by atoms with Crippen molar-refractivity contribution in [3.63, 3.8) is 0 Å². The number of aryl methyl sites for hydroxylation is 1. The highest BCUT2D eigenvalue weighted by atomic mass is 16.4. The van der Waals surface area contributed by atoms with Crippen LogP contribution in [0.1, 0.15) is 29.7 Å². The van der Waals surface area contributed by atoms with Gasteiger partial charge in [-0.1, -0.05) is 0 Å². The Morgan fingerprint density at radius 3 is 2.92 bits per heavy atom. The van der Waals surface area contributed by atoms with Crippen LogP contribution in [0.3, 0.4) is 0 Å². The molecule has 1 aliphatic rings. The highest BCUT2D eigenvalue weighted by Gasteiger charge is 2.33. The fourth-order valence-corrected chi connectivity index (χ4v) is 2.64. The summed E-state index contributed by atoms with van der Waals surface area (Å²) in [5.74, 6) is 0.0649. The van der Waals surface area contributed by atoms with Crippen molar-refractivity contribution in [1.82, 2.24) is 26.1 Å². The number of rotatable bonds is 6. The normalized spacial score (nSPS) is 21.5. The topological polar surface area (TPSA) is 132 Å². The van der Waals surface area contributed by atoms with Gasteiger partial charge in [0.15, 0.2) is 0 Å². The zero-order valence-corrected chi connectivity index (χ0v) is 13.1. The summed E-state index contributed by atoms with van der Waals surface area (Å²) in [6.07, 6.45) is 3.61. The van der Waals surface area contributed by atoms with Gasteiger partial charge in [0.05, 0.1) is 12.4 Å². The minimum absolute atomic E-state index is 0.134. The molecule has 1 amide bonds. The first-order valence-electron chi connectivity index (χ1n) is 7.60. The standard InChI is InChI=1S/C15H19N5O4/c1-8-2-3-13(24-8)10-5-11(20-19-10)14(21)18-12(15(22)23)4-9-6-16-7-17-9/h2-3,6-7,10-12,19-20H,4-5H2,1H3,(H,16,17)(H,18,21)(H,22,23). The van der Waals surface area contributed by atoms with Crippen LogP contribution in [0.2, 0.25) is 0 Å². The maximum absolute atomic E-state index is 12.3. The Labute approximate surface area is 137 Å². The lowest BCUT2D eigenvalue weighted by molar-refractivity contribution is -0.142. The number of aromatic amines is 1. The fraction of sp³-hybridized carbons (Fsp3) is 0.400. The monoisotopic (exact) mass is 333 g/mol. The Hall–Kier alpha value is -2.65. The lowest BCUT2D eigenvalue weighted by Crippen LogP contribution is -2.50. The Bertz CT molecular complexity index is 711. The summed E-state index contributed by atoms with van der Waals surface area (Å²) < 4.78 is 5.55. The van der Waals surface area contributed by atoms with Gasteiger partial charge in [-0.25, -0.2) is 20.6 Å². The zero-order valence-electron chi connectivity index (χ0n) is 13.1. The molecule has 9 nitrogen and oxygen atoms in total. The van der Waals surface area contributed by atoms with E-state index in [0.29, 0.717) is 12.1 Å². The van der Waals surface area contributed by atoms with Crippen molar-refractivity contribution in [2.24, 2.45) is 0 Å². The lowest BCUT2D eigenvalue weighted by atomic mass is 10.1. The maximum atomic E-state index is 12.3. The third-order valence-electron chi connectivity index (χ3n) is 3.92. The Kier molecular flexibility index (Phi) is 4.63. The second-order valence-electron chi connectivity index (χ2n) is 5.76. The number of amides is 1. The number of carbonyl (C=O) groups is 2. The molecular formula is C15H19N5O4. The molecule has 5 N–H and O–H groups in total. The van der Waals surface area contributed by atoms with Gasteiger partial charge in [0.1, 0.15) is 23.6 Å². The molecular weight excluding hydrogens is 314 g/mol.